The smallest absolute Gasteiger partial charge is 0.326 e. The molecule has 5 rings (SSSR count). The van der Waals surface area contributed by atoms with Crippen molar-refractivity contribution in [3.05, 3.63) is 46.9 Å². The number of benzene rings is 1. The number of imidazole rings is 1. The molecule has 0 saturated carbocycles. The molecule has 3 amide bonds. The van der Waals surface area contributed by atoms with Crippen LogP contribution >= 0.6 is 0 Å². The highest BCUT2D eigenvalue weighted by molar-refractivity contribution is 6.08. The number of piperidine rings is 1. The van der Waals surface area contributed by atoms with Crippen LogP contribution in [0.1, 0.15) is 38.6 Å². The minimum Gasteiger partial charge on any atom is -0.341 e. The van der Waals surface area contributed by atoms with E-state index >= 15 is 0 Å². The minimum atomic E-state index is -0.794. The molecule has 0 unspecified atom stereocenters. The molecule has 1 aliphatic carbocycles. The van der Waals surface area contributed by atoms with E-state index in [1.807, 2.05) is 36.4 Å². The van der Waals surface area contributed by atoms with Gasteiger partial charge in [-0.1, -0.05) is 24.3 Å². The molecule has 1 aromatic carbocycles. The van der Waals surface area contributed by atoms with Crippen molar-refractivity contribution in [3.63, 3.8) is 0 Å². The number of hydrogen-bond acceptors (Lipinski definition) is 4. The summed E-state index contributed by atoms with van der Waals surface area (Å²) in [6.45, 7) is 2.63. The topological polar surface area (TPSA) is 95.5 Å². The first-order valence-electron chi connectivity index (χ1n) is 11.0. The number of para-hydroxylation sites is 2. The maximum atomic E-state index is 13.1. The number of aromatic amines is 1. The average Bonchev–Trinajstić information content (AvgIpc) is 3.26. The van der Waals surface area contributed by atoms with Crippen LogP contribution in [0.4, 0.5) is 0 Å². The van der Waals surface area contributed by atoms with Gasteiger partial charge >= 0.3 is 5.69 Å². The summed E-state index contributed by atoms with van der Waals surface area (Å²) >= 11 is 0. The van der Waals surface area contributed by atoms with E-state index < -0.39 is 6.04 Å². The molecule has 2 fully saturated rings. The van der Waals surface area contributed by atoms with Crippen LogP contribution in [0.3, 0.4) is 0 Å². The van der Waals surface area contributed by atoms with E-state index in [-0.39, 0.29) is 41.3 Å². The molecule has 2 aromatic rings. The molecule has 31 heavy (non-hydrogen) atoms. The molecule has 2 saturated heterocycles. The lowest BCUT2D eigenvalue weighted by Gasteiger charge is -2.35. The first-order chi connectivity index (χ1) is 15.0. The van der Waals surface area contributed by atoms with Crippen LogP contribution in [-0.4, -0.2) is 56.2 Å². The van der Waals surface area contributed by atoms with E-state index in [9.17, 15) is 19.2 Å². The molecular formula is C23H26N4O4. The number of nitrogens with one attached hydrogen (secondary N) is 1. The molecule has 2 aliphatic heterocycles. The van der Waals surface area contributed by atoms with Gasteiger partial charge in [0.2, 0.25) is 17.7 Å². The van der Waals surface area contributed by atoms with Crippen LogP contribution in [0, 0.1) is 11.8 Å². The van der Waals surface area contributed by atoms with Crippen LogP contribution in [0.25, 0.3) is 11.0 Å². The Morgan fingerprint density at radius 1 is 1.00 bits per heavy atom. The molecule has 0 bridgehead atoms. The minimum absolute atomic E-state index is 0.00648. The Bertz CT molecular complexity index is 1110. The second-order valence-corrected chi connectivity index (χ2v) is 8.75. The summed E-state index contributed by atoms with van der Waals surface area (Å²) in [6, 6.07) is 6.81. The van der Waals surface area contributed by atoms with E-state index in [2.05, 4.69) is 4.98 Å². The quantitative estimate of drug-likeness (QED) is 0.603. The molecule has 3 aliphatic rings. The van der Waals surface area contributed by atoms with Gasteiger partial charge in [-0.25, -0.2) is 4.79 Å². The highest BCUT2D eigenvalue weighted by Gasteiger charge is 2.50. The zero-order valence-electron chi connectivity index (χ0n) is 17.5. The molecule has 8 nitrogen and oxygen atoms in total. The van der Waals surface area contributed by atoms with Crippen LogP contribution in [0.15, 0.2) is 41.2 Å². The lowest BCUT2D eigenvalue weighted by Crippen LogP contribution is -2.52. The maximum absolute atomic E-state index is 13.1. The zero-order chi connectivity index (χ0) is 21.7. The highest BCUT2D eigenvalue weighted by Crippen LogP contribution is 2.36. The van der Waals surface area contributed by atoms with Gasteiger partial charge in [0.15, 0.2) is 0 Å². The van der Waals surface area contributed by atoms with Crippen molar-refractivity contribution in [1.29, 1.82) is 0 Å². The van der Waals surface area contributed by atoms with E-state index in [1.54, 1.807) is 16.4 Å². The van der Waals surface area contributed by atoms with Gasteiger partial charge < -0.3 is 9.88 Å². The van der Waals surface area contributed by atoms with E-state index in [1.165, 1.54) is 4.90 Å². The lowest BCUT2D eigenvalue weighted by molar-refractivity contribution is -0.151. The Morgan fingerprint density at radius 2 is 1.61 bits per heavy atom. The number of nitrogens with zero attached hydrogens (tertiary/aromatic N) is 3. The fraction of sp³-hybridized carbons (Fsp3) is 0.478. The monoisotopic (exact) mass is 422 g/mol. The van der Waals surface area contributed by atoms with Crippen molar-refractivity contribution in [3.8, 4) is 0 Å². The van der Waals surface area contributed by atoms with Gasteiger partial charge in [-0.3, -0.25) is 23.9 Å². The van der Waals surface area contributed by atoms with Crippen molar-refractivity contribution in [2.24, 2.45) is 11.8 Å². The van der Waals surface area contributed by atoms with Crippen LogP contribution < -0.4 is 5.69 Å². The molecule has 0 radical (unpaired) electrons. The summed E-state index contributed by atoms with van der Waals surface area (Å²) in [6.07, 6.45) is 6.32. The summed E-state index contributed by atoms with van der Waals surface area (Å²) in [7, 11) is 0. The molecule has 1 aromatic heterocycles. The second kappa shape index (κ2) is 7.51. The third-order valence-electron chi connectivity index (χ3n) is 7.05. The number of carbonyl (C=O) groups excluding carboxylic acids is 3. The fourth-order valence-electron chi connectivity index (χ4n) is 5.36. The molecule has 0 spiro atoms. The average molecular weight is 422 g/mol. The van der Waals surface area contributed by atoms with Gasteiger partial charge in [0.1, 0.15) is 6.04 Å². The summed E-state index contributed by atoms with van der Waals surface area (Å²) < 4.78 is 1.78. The number of hydrogen-bond donors (Lipinski definition) is 1. The molecule has 3 atom stereocenters. The van der Waals surface area contributed by atoms with E-state index in [4.69, 9.17) is 0 Å². The van der Waals surface area contributed by atoms with Crippen LogP contribution in [0.5, 0.6) is 0 Å². The van der Waals surface area contributed by atoms with Crippen LogP contribution in [-0.2, 0) is 14.4 Å². The number of fused-ring (bicyclic) bond motifs is 2. The predicted octanol–water partition coefficient (Wildman–Crippen LogP) is 1.83. The van der Waals surface area contributed by atoms with E-state index in [0.29, 0.717) is 38.8 Å². The van der Waals surface area contributed by atoms with Gasteiger partial charge in [0, 0.05) is 19.1 Å². The largest absolute Gasteiger partial charge is 0.341 e. The van der Waals surface area contributed by atoms with Gasteiger partial charge in [0.05, 0.1) is 22.9 Å². The van der Waals surface area contributed by atoms with Gasteiger partial charge in [0.25, 0.3) is 0 Å². The standard InChI is InChI=1S/C23H26N4O4/c1-14(26-21(29)16-6-2-3-7-17(16)22(26)30)20(28)25-12-10-15(11-13-25)27-19-9-5-4-8-18(19)24-23(27)31/h2-5,8-9,14-17H,6-7,10-13H2,1H3,(H,24,31)/t14-,16-,17+/m0/s1. The molecular weight excluding hydrogens is 396 g/mol. The number of carbonyl (C=O) groups is 3. The fourth-order valence-corrected chi connectivity index (χ4v) is 5.36. The van der Waals surface area contributed by atoms with Crippen molar-refractivity contribution in [2.75, 3.05) is 13.1 Å². The number of imide groups is 1. The van der Waals surface area contributed by atoms with Crippen molar-refractivity contribution in [2.45, 2.75) is 44.7 Å². The molecule has 1 N–H and O–H groups in total. The Hall–Kier alpha value is -3.16. The molecule has 162 valence electrons. The summed E-state index contributed by atoms with van der Waals surface area (Å²) in [5, 5.41) is 0. The lowest BCUT2D eigenvalue weighted by atomic mass is 9.85. The number of allylic oxidation sites excluding steroid dienone is 2. The third kappa shape index (κ3) is 3.12. The number of amides is 3. The Labute approximate surface area is 179 Å². The summed E-state index contributed by atoms with van der Waals surface area (Å²) in [5.74, 6) is -1.29. The van der Waals surface area contributed by atoms with Crippen molar-refractivity contribution < 1.29 is 14.4 Å². The third-order valence-corrected chi connectivity index (χ3v) is 7.05. The second-order valence-electron chi connectivity index (χ2n) is 8.75. The van der Waals surface area contributed by atoms with Crippen molar-refractivity contribution >= 4 is 28.8 Å². The molecule has 3 heterocycles. The number of aromatic nitrogens is 2. The normalized spacial score (nSPS) is 25.3. The Balaban J connectivity index is 1.28. The number of H-pyrrole nitrogens is 1. The zero-order valence-corrected chi connectivity index (χ0v) is 17.5. The Morgan fingerprint density at radius 3 is 2.26 bits per heavy atom. The van der Waals surface area contributed by atoms with Gasteiger partial charge in [-0.2, -0.15) is 0 Å². The maximum Gasteiger partial charge on any atom is 0.326 e. The molecule has 8 heteroatoms. The summed E-state index contributed by atoms with van der Waals surface area (Å²) in [4.78, 5) is 57.0. The first-order valence-corrected chi connectivity index (χ1v) is 11.0. The highest BCUT2D eigenvalue weighted by atomic mass is 16.2. The van der Waals surface area contributed by atoms with E-state index in [0.717, 1.165) is 11.0 Å². The predicted molar refractivity (Wildman–Crippen MR) is 114 cm³/mol. The van der Waals surface area contributed by atoms with Crippen LogP contribution in [0.2, 0.25) is 0 Å². The number of likely N-dealkylation sites (tertiary alicyclic amines) is 2. The number of rotatable bonds is 3. The first kappa shape index (κ1) is 19.8. The SMILES string of the molecule is C[C@@H](C(=O)N1CCC(n2c(=O)[nH]c3ccccc32)CC1)N1C(=O)[C@H]2CC=CC[C@H]2C1=O. The Kier molecular flexibility index (Phi) is 4.79. The summed E-state index contributed by atoms with van der Waals surface area (Å²) in [5.41, 5.74) is 1.54. The van der Waals surface area contributed by atoms with Gasteiger partial charge in [-0.15, -0.1) is 0 Å². The van der Waals surface area contributed by atoms with Gasteiger partial charge in [-0.05, 0) is 44.7 Å². The van der Waals surface area contributed by atoms with Crippen molar-refractivity contribution in [1.82, 2.24) is 19.4 Å².